The zero-order chi connectivity index (χ0) is 22.0. The van der Waals surface area contributed by atoms with Gasteiger partial charge in [-0.05, 0) is 44.2 Å². The summed E-state index contributed by atoms with van der Waals surface area (Å²) in [4.78, 5) is 13.7. The molecule has 0 aliphatic carbocycles. The number of benzene rings is 2. The first-order valence-corrected chi connectivity index (χ1v) is 10.7. The first-order valence-electron chi connectivity index (χ1n) is 9.86. The highest BCUT2D eigenvalue weighted by molar-refractivity contribution is 7.19. The van der Waals surface area contributed by atoms with Crippen LogP contribution in [-0.2, 0) is 11.2 Å². The van der Waals surface area contributed by atoms with Crippen LogP contribution in [0.5, 0.6) is 11.5 Å². The van der Waals surface area contributed by atoms with Crippen molar-refractivity contribution in [3.05, 3.63) is 54.4 Å². The van der Waals surface area contributed by atoms with Crippen molar-refractivity contribution in [2.24, 2.45) is 0 Å². The molecular weight excluding hydrogens is 414 g/mol. The second-order valence-electron chi connectivity index (χ2n) is 7.37. The van der Waals surface area contributed by atoms with E-state index in [0.717, 1.165) is 27.8 Å². The van der Waals surface area contributed by atoms with E-state index in [-0.39, 0.29) is 5.91 Å². The van der Waals surface area contributed by atoms with Gasteiger partial charge in [-0.3, -0.25) is 4.79 Å². The van der Waals surface area contributed by atoms with Crippen LogP contribution < -0.4 is 14.8 Å². The minimum absolute atomic E-state index is 0.293. The Morgan fingerprint density at radius 1 is 1.16 bits per heavy atom. The summed E-state index contributed by atoms with van der Waals surface area (Å²) in [6.07, 6.45) is 0.741. The van der Waals surface area contributed by atoms with E-state index in [9.17, 15) is 4.79 Å². The Morgan fingerprint density at radius 3 is 2.65 bits per heavy atom. The number of hydrogen-bond acceptors (Lipinski definition) is 7. The molecule has 0 saturated carbocycles. The highest BCUT2D eigenvalue weighted by Crippen LogP contribution is 2.33. The molecule has 160 valence electrons. The monoisotopic (exact) mass is 437 g/mol. The van der Waals surface area contributed by atoms with Crippen LogP contribution in [0.1, 0.15) is 26.6 Å². The number of rotatable bonds is 7. The van der Waals surface area contributed by atoms with Gasteiger partial charge in [0, 0.05) is 12.0 Å². The lowest BCUT2D eigenvalue weighted by atomic mass is 10.1. The summed E-state index contributed by atoms with van der Waals surface area (Å²) in [5, 5.41) is 16.6. The lowest BCUT2D eigenvalue weighted by Crippen LogP contribution is -2.42. The number of carbonyl (C=O) groups is 1. The molecule has 1 N–H and O–H groups in total. The van der Waals surface area contributed by atoms with E-state index in [1.165, 1.54) is 11.3 Å². The number of para-hydroxylation sites is 1. The Hall–Kier alpha value is -3.46. The van der Waals surface area contributed by atoms with Crippen LogP contribution in [0, 0.1) is 0 Å². The van der Waals surface area contributed by atoms with Gasteiger partial charge in [0.1, 0.15) is 16.5 Å². The summed E-state index contributed by atoms with van der Waals surface area (Å²) in [5.41, 5.74) is 0.290. The first kappa shape index (κ1) is 20.8. The van der Waals surface area contributed by atoms with Crippen LogP contribution in [0.25, 0.3) is 15.5 Å². The predicted molar refractivity (Wildman–Crippen MR) is 120 cm³/mol. The summed E-state index contributed by atoms with van der Waals surface area (Å²) in [6.45, 7) is 5.46. The van der Waals surface area contributed by atoms with Crippen LogP contribution in [0.2, 0.25) is 0 Å². The van der Waals surface area contributed by atoms with E-state index in [1.54, 1.807) is 31.5 Å². The summed E-state index contributed by atoms with van der Waals surface area (Å²) < 4.78 is 13.1. The fraction of sp³-hybridized carbons (Fsp3) is 0.273. The molecule has 0 radical (unpaired) electrons. The van der Waals surface area contributed by atoms with Gasteiger partial charge in [-0.15, -0.1) is 10.2 Å². The zero-order valence-electron chi connectivity index (χ0n) is 17.7. The Kier molecular flexibility index (Phi) is 5.60. The standard InChI is InChI=1S/C22H23N5O3S/c1-5-18-24-25-21-27(18)26-19(31-21)14-11-12-17(29-4)16(13-14)23-20(28)22(2,3)30-15-9-7-6-8-10-15/h6-13H,5H2,1-4H3,(H,23,28). The number of anilines is 1. The fourth-order valence-electron chi connectivity index (χ4n) is 3.04. The highest BCUT2D eigenvalue weighted by Gasteiger charge is 2.31. The van der Waals surface area contributed by atoms with E-state index in [1.807, 2.05) is 49.4 Å². The molecule has 0 unspecified atom stereocenters. The zero-order valence-corrected chi connectivity index (χ0v) is 18.6. The fourth-order valence-corrected chi connectivity index (χ4v) is 3.89. The molecule has 0 bridgehead atoms. The number of amides is 1. The first-order chi connectivity index (χ1) is 14.9. The number of methoxy groups -OCH3 is 1. The third kappa shape index (κ3) is 4.22. The Balaban J connectivity index is 1.61. The molecule has 0 spiro atoms. The molecule has 2 aromatic heterocycles. The van der Waals surface area contributed by atoms with Crippen molar-refractivity contribution in [1.82, 2.24) is 19.8 Å². The summed E-state index contributed by atoms with van der Waals surface area (Å²) in [6, 6.07) is 14.8. The second kappa shape index (κ2) is 8.35. The number of nitrogens with one attached hydrogen (secondary N) is 1. The average molecular weight is 438 g/mol. The van der Waals surface area contributed by atoms with Gasteiger partial charge in [0.25, 0.3) is 5.91 Å². The van der Waals surface area contributed by atoms with Gasteiger partial charge < -0.3 is 14.8 Å². The van der Waals surface area contributed by atoms with Gasteiger partial charge in [0.05, 0.1) is 12.8 Å². The van der Waals surface area contributed by atoms with Gasteiger partial charge in [-0.1, -0.05) is 36.5 Å². The second-order valence-corrected chi connectivity index (χ2v) is 8.32. The van der Waals surface area contributed by atoms with E-state index >= 15 is 0 Å². The molecule has 0 aliphatic rings. The number of nitrogens with zero attached hydrogens (tertiary/aromatic N) is 4. The van der Waals surface area contributed by atoms with Gasteiger partial charge in [-0.25, -0.2) is 0 Å². The van der Waals surface area contributed by atoms with Gasteiger partial charge in [0.2, 0.25) is 4.96 Å². The number of hydrogen-bond donors (Lipinski definition) is 1. The maximum Gasteiger partial charge on any atom is 0.268 e. The van der Waals surface area contributed by atoms with Crippen molar-refractivity contribution in [3.63, 3.8) is 0 Å². The quantitative estimate of drug-likeness (QED) is 0.466. The number of ether oxygens (including phenoxy) is 2. The molecule has 8 nitrogen and oxygen atoms in total. The largest absolute Gasteiger partial charge is 0.495 e. The molecule has 0 saturated heterocycles. The molecule has 4 rings (SSSR count). The van der Waals surface area contributed by atoms with Crippen molar-refractivity contribution < 1.29 is 14.3 Å². The number of fused-ring (bicyclic) bond motifs is 1. The van der Waals surface area contributed by atoms with Crippen LogP contribution in [0.3, 0.4) is 0 Å². The van der Waals surface area contributed by atoms with Crippen molar-refractivity contribution >= 4 is 27.9 Å². The van der Waals surface area contributed by atoms with Crippen molar-refractivity contribution in [3.8, 4) is 22.1 Å². The van der Waals surface area contributed by atoms with Crippen molar-refractivity contribution in [2.45, 2.75) is 32.8 Å². The number of aromatic nitrogens is 4. The van der Waals surface area contributed by atoms with E-state index in [2.05, 4.69) is 20.6 Å². The van der Waals surface area contributed by atoms with Crippen LogP contribution in [0.4, 0.5) is 5.69 Å². The Bertz CT molecular complexity index is 1220. The molecule has 9 heteroatoms. The maximum atomic E-state index is 13.0. The molecule has 4 aromatic rings. The summed E-state index contributed by atoms with van der Waals surface area (Å²) >= 11 is 1.43. The Morgan fingerprint density at radius 2 is 1.94 bits per heavy atom. The van der Waals surface area contributed by atoms with Crippen molar-refractivity contribution in [1.29, 1.82) is 0 Å². The van der Waals surface area contributed by atoms with Crippen LogP contribution in [-0.4, -0.2) is 38.4 Å². The molecule has 0 aliphatic heterocycles. The molecular formula is C22H23N5O3S. The van der Waals surface area contributed by atoms with E-state index in [0.29, 0.717) is 17.2 Å². The van der Waals surface area contributed by atoms with E-state index in [4.69, 9.17) is 9.47 Å². The smallest absolute Gasteiger partial charge is 0.268 e. The number of aryl methyl sites for hydroxylation is 1. The van der Waals surface area contributed by atoms with Gasteiger partial charge >= 0.3 is 0 Å². The SMILES string of the molecule is CCc1nnc2sc(-c3ccc(OC)c(NC(=O)C(C)(C)Oc4ccccc4)c3)nn12. The summed E-state index contributed by atoms with van der Waals surface area (Å²) in [5.74, 6) is 1.68. The van der Waals surface area contributed by atoms with Gasteiger partial charge in [0.15, 0.2) is 11.4 Å². The molecule has 1 amide bonds. The molecule has 2 heterocycles. The van der Waals surface area contributed by atoms with Gasteiger partial charge in [-0.2, -0.15) is 9.61 Å². The Labute approximate surface area is 183 Å². The average Bonchev–Trinajstić information content (AvgIpc) is 3.35. The third-order valence-corrected chi connectivity index (χ3v) is 5.68. The van der Waals surface area contributed by atoms with E-state index < -0.39 is 5.60 Å². The number of carbonyl (C=O) groups excluding carboxylic acids is 1. The minimum Gasteiger partial charge on any atom is -0.495 e. The van der Waals surface area contributed by atoms with Crippen molar-refractivity contribution in [2.75, 3.05) is 12.4 Å². The lowest BCUT2D eigenvalue weighted by Gasteiger charge is -2.25. The molecule has 0 fully saturated rings. The highest BCUT2D eigenvalue weighted by atomic mass is 32.1. The normalized spacial score (nSPS) is 11.5. The molecule has 2 aromatic carbocycles. The van der Waals surface area contributed by atoms with Crippen LogP contribution >= 0.6 is 11.3 Å². The minimum atomic E-state index is -1.09. The summed E-state index contributed by atoms with van der Waals surface area (Å²) in [7, 11) is 1.56. The molecule has 31 heavy (non-hydrogen) atoms. The topological polar surface area (TPSA) is 90.6 Å². The van der Waals surface area contributed by atoms with Crippen LogP contribution in [0.15, 0.2) is 48.5 Å². The third-order valence-electron chi connectivity index (χ3n) is 4.73. The molecule has 0 atom stereocenters. The lowest BCUT2D eigenvalue weighted by molar-refractivity contribution is -0.128. The predicted octanol–water partition coefficient (Wildman–Crippen LogP) is 4.22. The maximum absolute atomic E-state index is 13.0.